The maximum atomic E-state index is 13.8. The number of ether oxygens (including phenoxy) is 2. The summed E-state index contributed by atoms with van der Waals surface area (Å²) in [7, 11) is 1.33. The second-order valence-corrected chi connectivity index (χ2v) is 7.12. The summed E-state index contributed by atoms with van der Waals surface area (Å²) in [6.07, 6.45) is 2.80. The molecule has 0 saturated carbocycles. The van der Waals surface area contributed by atoms with Crippen molar-refractivity contribution in [1.82, 2.24) is 15.0 Å². The Bertz CT molecular complexity index is 1220. The highest BCUT2D eigenvalue weighted by molar-refractivity contribution is 7.21. The molecule has 0 aliphatic carbocycles. The molecule has 2 heterocycles. The number of halogens is 1. The molecule has 0 fully saturated rings. The average molecular weight is 423 g/mol. The predicted molar refractivity (Wildman–Crippen MR) is 108 cm³/mol. The first kappa shape index (κ1) is 19.6. The highest BCUT2D eigenvalue weighted by Gasteiger charge is 2.21. The Hall–Kier alpha value is -3.72. The van der Waals surface area contributed by atoms with Crippen LogP contribution in [0.3, 0.4) is 0 Å². The van der Waals surface area contributed by atoms with Gasteiger partial charge in [0.2, 0.25) is 0 Å². The third kappa shape index (κ3) is 3.87. The summed E-state index contributed by atoms with van der Waals surface area (Å²) in [6.45, 7) is -0.569. The van der Waals surface area contributed by atoms with Crippen LogP contribution in [0.1, 0.15) is 20.8 Å². The molecule has 0 spiro atoms. The maximum absolute atomic E-state index is 13.8. The van der Waals surface area contributed by atoms with E-state index in [1.807, 2.05) is 24.3 Å². The van der Waals surface area contributed by atoms with Gasteiger partial charge >= 0.3 is 5.97 Å². The summed E-state index contributed by atoms with van der Waals surface area (Å²) in [6, 6.07) is 11.3. The Labute approximate surface area is 174 Å². The number of thiazole rings is 1. The summed E-state index contributed by atoms with van der Waals surface area (Å²) in [5.41, 5.74) is 1.06. The molecule has 9 heteroatoms. The number of esters is 1. The molecular formula is C21H14FN3O4S. The Balaban J connectivity index is 1.53. The number of Topliss-reactive ketones (excluding diaryl/α,β-unsaturated/α-hetero) is 1. The summed E-state index contributed by atoms with van der Waals surface area (Å²) >= 11 is 1.37. The summed E-state index contributed by atoms with van der Waals surface area (Å²) < 4.78 is 24.7. The molecule has 0 bridgehead atoms. The monoisotopic (exact) mass is 423 g/mol. The Morgan fingerprint density at radius 2 is 1.90 bits per heavy atom. The minimum absolute atomic E-state index is 0.0172. The van der Waals surface area contributed by atoms with Crippen LogP contribution >= 0.6 is 11.3 Å². The lowest BCUT2D eigenvalue weighted by Crippen LogP contribution is -2.16. The quantitative estimate of drug-likeness (QED) is 0.343. The van der Waals surface area contributed by atoms with Gasteiger partial charge in [-0.15, -0.1) is 11.3 Å². The van der Waals surface area contributed by atoms with E-state index in [0.717, 1.165) is 16.3 Å². The number of rotatable bonds is 6. The van der Waals surface area contributed by atoms with Gasteiger partial charge in [0.25, 0.3) is 0 Å². The van der Waals surface area contributed by atoms with E-state index in [1.54, 1.807) is 0 Å². The van der Waals surface area contributed by atoms with Crippen molar-refractivity contribution < 1.29 is 23.5 Å². The van der Waals surface area contributed by atoms with Gasteiger partial charge in [-0.25, -0.2) is 24.1 Å². The van der Waals surface area contributed by atoms with Crippen LogP contribution in [0.2, 0.25) is 0 Å². The van der Waals surface area contributed by atoms with Crippen LogP contribution in [-0.2, 0) is 4.74 Å². The molecule has 0 aliphatic heterocycles. The number of aromatic nitrogens is 3. The molecule has 0 N–H and O–H groups in total. The topological polar surface area (TPSA) is 91.3 Å². The zero-order valence-corrected chi connectivity index (χ0v) is 16.5. The van der Waals surface area contributed by atoms with E-state index < -0.39 is 24.2 Å². The van der Waals surface area contributed by atoms with Crippen LogP contribution in [0.15, 0.2) is 54.9 Å². The zero-order chi connectivity index (χ0) is 21.1. The number of ketones is 1. The zero-order valence-electron chi connectivity index (χ0n) is 15.7. The standard InChI is InChI=1S/C21H14FN3O4S/c1-28-16-7-6-12(10-13(16)22)15(26)11-29-21(27)19-18(23-8-9-24-19)20-25-14-4-2-3-5-17(14)30-20/h2-10H,11H2,1H3. The van der Waals surface area contributed by atoms with E-state index >= 15 is 0 Å². The molecule has 150 valence electrons. The van der Waals surface area contributed by atoms with Crippen molar-refractivity contribution in [2.24, 2.45) is 0 Å². The minimum Gasteiger partial charge on any atom is -0.494 e. The smallest absolute Gasteiger partial charge is 0.359 e. The lowest BCUT2D eigenvalue weighted by molar-refractivity contribution is 0.0469. The third-order valence-corrected chi connectivity index (χ3v) is 5.24. The van der Waals surface area contributed by atoms with Crippen molar-refractivity contribution in [3.05, 3.63) is 71.9 Å². The molecule has 0 atom stereocenters. The molecule has 0 amide bonds. The van der Waals surface area contributed by atoms with Crippen LogP contribution in [0.5, 0.6) is 5.75 Å². The molecule has 0 aliphatic rings. The van der Waals surface area contributed by atoms with Gasteiger partial charge in [0.1, 0.15) is 10.7 Å². The van der Waals surface area contributed by atoms with Gasteiger partial charge in [0, 0.05) is 18.0 Å². The molecule has 0 unspecified atom stereocenters. The van der Waals surface area contributed by atoms with Crippen LogP contribution in [0.4, 0.5) is 4.39 Å². The number of carbonyl (C=O) groups is 2. The molecule has 2 aromatic heterocycles. The summed E-state index contributed by atoms with van der Waals surface area (Å²) in [5, 5.41) is 0.514. The third-order valence-electron chi connectivity index (χ3n) is 4.20. The number of nitrogens with zero attached hydrogens (tertiary/aromatic N) is 3. The normalized spacial score (nSPS) is 10.7. The van der Waals surface area contributed by atoms with Gasteiger partial charge in [0.05, 0.1) is 17.3 Å². The van der Waals surface area contributed by atoms with E-state index in [9.17, 15) is 14.0 Å². The lowest BCUT2D eigenvalue weighted by Gasteiger charge is -2.07. The number of fused-ring (bicyclic) bond motifs is 1. The van der Waals surface area contributed by atoms with Crippen molar-refractivity contribution in [2.75, 3.05) is 13.7 Å². The second kappa shape index (κ2) is 8.34. The number of para-hydroxylation sites is 1. The second-order valence-electron chi connectivity index (χ2n) is 6.09. The Morgan fingerprint density at radius 3 is 2.67 bits per heavy atom. The fourth-order valence-corrected chi connectivity index (χ4v) is 3.70. The molecule has 2 aromatic carbocycles. The molecule has 30 heavy (non-hydrogen) atoms. The van der Waals surface area contributed by atoms with E-state index in [2.05, 4.69) is 15.0 Å². The highest BCUT2D eigenvalue weighted by atomic mass is 32.1. The van der Waals surface area contributed by atoms with E-state index in [0.29, 0.717) is 5.01 Å². The largest absolute Gasteiger partial charge is 0.494 e. The number of benzene rings is 2. The summed E-state index contributed by atoms with van der Waals surface area (Å²) in [4.78, 5) is 37.6. The average Bonchev–Trinajstić information content (AvgIpc) is 3.21. The van der Waals surface area contributed by atoms with Crippen LogP contribution in [0, 0.1) is 5.82 Å². The lowest BCUT2D eigenvalue weighted by atomic mass is 10.1. The number of hydrogen-bond donors (Lipinski definition) is 0. The van der Waals surface area contributed by atoms with Crippen LogP contribution < -0.4 is 4.74 Å². The fraction of sp³-hybridized carbons (Fsp3) is 0.0952. The maximum Gasteiger partial charge on any atom is 0.359 e. The molecule has 4 rings (SSSR count). The fourth-order valence-electron chi connectivity index (χ4n) is 2.74. The van der Waals surface area contributed by atoms with Crippen molar-refractivity contribution in [1.29, 1.82) is 0 Å². The van der Waals surface area contributed by atoms with Crippen molar-refractivity contribution in [3.63, 3.8) is 0 Å². The van der Waals surface area contributed by atoms with Crippen LogP contribution in [0.25, 0.3) is 20.9 Å². The van der Waals surface area contributed by atoms with Gasteiger partial charge in [-0.2, -0.15) is 0 Å². The molecule has 4 aromatic rings. The first-order chi connectivity index (χ1) is 14.6. The predicted octanol–water partition coefficient (Wildman–Crippen LogP) is 3.94. The molecule has 7 nitrogen and oxygen atoms in total. The first-order valence-corrected chi connectivity index (χ1v) is 9.59. The Morgan fingerprint density at radius 1 is 1.10 bits per heavy atom. The number of carbonyl (C=O) groups excluding carboxylic acids is 2. The first-order valence-electron chi connectivity index (χ1n) is 8.77. The minimum atomic E-state index is -0.820. The number of methoxy groups -OCH3 is 1. The van der Waals surface area contributed by atoms with Crippen LogP contribution in [-0.4, -0.2) is 40.4 Å². The Kier molecular flexibility index (Phi) is 5.44. The van der Waals surface area contributed by atoms with Gasteiger partial charge < -0.3 is 9.47 Å². The van der Waals surface area contributed by atoms with E-state index in [4.69, 9.17) is 9.47 Å². The number of hydrogen-bond acceptors (Lipinski definition) is 8. The van der Waals surface area contributed by atoms with E-state index in [1.165, 1.54) is 43.0 Å². The molecule has 0 radical (unpaired) electrons. The highest BCUT2D eigenvalue weighted by Crippen LogP contribution is 2.30. The van der Waals surface area contributed by atoms with Gasteiger partial charge in [-0.05, 0) is 30.3 Å². The van der Waals surface area contributed by atoms with E-state index in [-0.39, 0.29) is 22.7 Å². The molecular weight excluding hydrogens is 409 g/mol. The summed E-state index contributed by atoms with van der Waals surface area (Å²) in [5.74, 6) is -2.04. The SMILES string of the molecule is COc1ccc(C(=O)COC(=O)c2nccnc2-c2nc3ccccc3s2)cc1F. The van der Waals surface area contributed by atoms with Crippen molar-refractivity contribution >= 4 is 33.3 Å². The van der Waals surface area contributed by atoms with Crippen molar-refractivity contribution in [2.45, 2.75) is 0 Å². The molecule has 0 saturated heterocycles. The van der Waals surface area contributed by atoms with Gasteiger partial charge in [-0.1, -0.05) is 12.1 Å². The van der Waals surface area contributed by atoms with Gasteiger partial charge in [0.15, 0.2) is 29.7 Å². The van der Waals surface area contributed by atoms with Gasteiger partial charge in [-0.3, -0.25) is 4.79 Å². The van der Waals surface area contributed by atoms with Crippen molar-refractivity contribution in [3.8, 4) is 16.5 Å².